The summed E-state index contributed by atoms with van der Waals surface area (Å²) in [7, 11) is 0. The van der Waals surface area contributed by atoms with Crippen molar-refractivity contribution in [1.82, 2.24) is 15.3 Å². The van der Waals surface area contributed by atoms with Crippen molar-refractivity contribution in [2.75, 3.05) is 18.8 Å². The minimum Gasteiger partial charge on any atom is -0.333 e. The second-order valence-corrected chi connectivity index (χ2v) is 5.59. The quantitative estimate of drug-likeness (QED) is 0.611. The molecule has 1 aromatic heterocycles. The van der Waals surface area contributed by atoms with Gasteiger partial charge in [0.05, 0.1) is 11.0 Å². The lowest BCUT2D eigenvalue weighted by molar-refractivity contribution is 0.568. The van der Waals surface area contributed by atoms with E-state index in [1.807, 2.05) is 18.2 Å². The van der Waals surface area contributed by atoms with Gasteiger partial charge in [-0.2, -0.15) is 0 Å². The third-order valence-corrected chi connectivity index (χ3v) is 3.31. The molecule has 2 N–H and O–H groups in total. The van der Waals surface area contributed by atoms with E-state index in [-0.39, 0.29) is 0 Å². The first-order valence-corrected chi connectivity index (χ1v) is 7.02. The molecule has 0 unspecified atom stereocenters. The molecule has 0 spiro atoms. The molecule has 0 bridgehead atoms. The number of nitrogens with one attached hydrogen (secondary N) is 2. The van der Waals surface area contributed by atoms with Crippen molar-refractivity contribution >= 4 is 22.8 Å². The van der Waals surface area contributed by atoms with Crippen molar-refractivity contribution in [2.45, 2.75) is 19.0 Å². The summed E-state index contributed by atoms with van der Waals surface area (Å²) in [5.41, 5.74) is 2.16. The van der Waals surface area contributed by atoms with E-state index < -0.39 is 0 Å². The first kappa shape index (κ1) is 12.5. The van der Waals surface area contributed by atoms with Crippen LogP contribution in [-0.2, 0) is 0 Å². The van der Waals surface area contributed by atoms with Gasteiger partial charge >= 0.3 is 0 Å². The van der Waals surface area contributed by atoms with Crippen LogP contribution in [0.25, 0.3) is 11.0 Å². The second-order valence-electron chi connectivity index (χ2n) is 4.51. The third kappa shape index (κ3) is 3.75. The molecule has 0 atom stereocenters. The van der Waals surface area contributed by atoms with Crippen molar-refractivity contribution in [3.63, 3.8) is 0 Å². The normalized spacial score (nSPS) is 11.5. The number of hydrogen-bond acceptors (Lipinski definition) is 3. The highest BCUT2D eigenvalue weighted by Gasteiger charge is 2.01. The lowest BCUT2D eigenvalue weighted by Gasteiger charge is -2.05. The molecule has 0 saturated carbocycles. The van der Waals surface area contributed by atoms with Crippen LogP contribution in [-0.4, -0.2) is 28.8 Å². The maximum Gasteiger partial charge on any atom is 0.166 e. The van der Waals surface area contributed by atoms with Crippen molar-refractivity contribution in [3.8, 4) is 0 Å². The standard InChI is InChI=1S/C13H19N3S/c1-10(2)9-14-7-8-17-13-15-11-5-3-4-6-12(11)16-13/h3-6,10,14H,7-9H2,1-2H3,(H,15,16). The topological polar surface area (TPSA) is 40.7 Å². The van der Waals surface area contributed by atoms with Gasteiger partial charge in [0.15, 0.2) is 5.16 Å². The van der Waals surface area contributed by atoms with Gasteiger partial charge in [0.25, 0.3) is 0 Å². The molecule has 0 aliphatic rings. The lowest BCUT2D eigenvalue weighted by atomic mass is 10.2. The van der Waals surface area contributed by atoms with Crippen LogP contribution in [0.1, 0.15) is 13.8 Å². The predicted octanol–water partition coefficient (Wildman–Crippen LogP) is 2.90. The number of thioether (sulfide) groups is 1. The number of fused-ring (bicyclic) bond motifs is 1. The lowest BCUT2D eigenvalue weighted by Crippen LogP contribution is -2.22. The second kappa shape index (κ2) is 6.07. The summed E-state index contributed by atoms with van der Waals surface area (Å²) in [6.45, 7) is 6.55. The molecular weight excluding hydrogens is 230 g/mol. The van der Waals surface area contributed by atoms with E-state index >= 15 is 0 Å². The van der Waals surface area contributed by atoms with Crippen LogP contribution in [0.15, 0.2) is 29.4 Å². The predicted molar refractivity (Wildman–Crippen MR) is 74.5 cm³/mol. The fourth-order valence-electron chi connectivity index (χ4n) is 1.61. The van der Waals surface area contributed by atoms with E-state index in [0.717, 1.165) is 35.0 Å². The fourth-order valence-corrected chi connectivity index (χ4v) is 2.39. The third-order valence-electron chi connectivity index (χ3n) is 2.44. The molecule has 0 saturated heterocycles. The highest BCUT2D eigenvalue weighted by atomic mass is 32.2. The van der Waals surface area contributed by atoms with Gasteiger partial charge in [0, 0.05) is 12.3 Å². The number of benzene rings is 1. The van der Waals surface area contributed by atoms with Gasteiger partial charge < -0.3 is 10.3 Å². The van der Waals surface area contributed by atoms with Crippen LogP contribution in [0.2, 0.25) is 0 Å². The molecule has 2 aromatic rings. The van der Waals surface area contributed by atoms with Gasteiger partial charge in [0.1, 0.15) is 0 Å². The summed E-state index contributed by atoms with van der Waals surface area (Å²) in [4.78, 5) is 7.84. The molecule has 3 nitrogen and oxygen atoms in total. The molecule has 1 heterocycles. The Bertz CT molecular complexity index is 431. The summed E-state index contributed by atoms with van der Waals surface area (Å²) in [6.07, 6.45) is 0. The molecule has 0 aliphatic heterocycles. The van der Waals surface area contributed by atoms with Crippen molar-refractivity contribution in [3.05, 3.63) is 24.3 Å². The largest absolute Gasteiger partial charge is 0.333 e. The maximum atomic E-state index is 4.53. The Hall–Kier alpha value is -1.00. The Morgan fingerprint density at radius 2 is 2.18 bits per heavy atom. The van der Waals surface area contributed by atoms with Crippen LogP contribution in [0.5, 0.6) is 0 Å². The number of hydrogen-bond donors (Lipinski definition) is 2. The fraction of sp³-hybridized carbons (Fsp3) is 0.462. The Balaban J connectivity index is 1.79. The molecule has 17 heavy (non-hydrogen) atoms. The van der Waals surface area contributed by atoms with E-state index in [9.17, 15) is 0 Å². The zero-order valence-corrected chi connectivity index (χ0v) is 11.2. The van der Waals surface area contributed by atoms with Gasteiger partial charge in [-0.3, -0.25) is 0 Å². The SMILES string of the molecule is CC(C)CNCCSc1nc2ccccc2[nH]1. The number of rotatable bonds is 6. The Morgan fingerprint density at radius 1 is 1.35 bits per heavy atom. The van der Waals surface area contributed by atoms with Crippen molar-refractivity contribution in [2.24, 2.45) is 5.92 Å². The molecular formula is C13H19N3S. The average molecular weight is 249 g/mol. The highest BCUT2D eigenvalue weighted by Crippen LogP contribution is 2.18. The van der Waals surface area contributed by atoms with Crippen molar-refractivity contribution in [1.29, 1.82) is 0 Å². The number of para-hydroxylation sites is 2. The van der Waals surface area contributed by atoms with E-state index in [2.05, 4.69) is 35.2 Å². The van der Waals surface area contributed by atoms with Crippen LogP contribution in [0, 0.1) is 5.92 Å². The summed E-state index contributed by atoms with van der Waals surface area (Å²) < 4.78 is 0. The maximum absolute atomic E-state index is 4.53. The van der Waals surface area contributed by atoms with Gasteiger partial charge in [-0.25, -0.2) is 4.98 Å². The molecule has 4 heteroatoms. The molecule has 0 amide bonds. The zero-order chi connectivity index (χ0) is 12.1. The summed E-state index contributed by atoms with van der Waals surface area (Å²) in [5.74, 6) is 1.76. The average Bonchev–Trinajstić information content (AvgIpc) is 2.70. The first-order chi connectivity index (χ1) is 8.25. The number of aromatic amines is 1. The van der Waals surface area contributed by atoms with Gasteiger partial charge in [-0.1, -0.05) is 37.7 Å². The van der Waals surface area contributed by atoms with Crippen LogP contribution in [0.3, 0.4) is 0 Å². The van der Waals surface area contributed by atoms with E-state index in [1.54, 1.807) is 11.8 Å². The Kier molecular flexibility index (Phi) is 4.45. The number of aromatic nitrogens is 2. The minimum absolute atomic E-state index is 0.714. The smallest absolute Gasteiger partial charge is 0.166 e. The Labute approximate surface area is 106 Å². The molecule has 92 valence electrons. The summed E-state index contributed by atoms with van der Waals surface area (Å²) in [6, 6.07) is 8.14. The minimum atomic E-state index is 0.714. The van der Waals surface area contributed by atoms with Crippen molar-refractivity contribution < 1.29 is 0 Å². The molecule has 0 radical (unpaired) electrons. The Morgan fingerprint density at radius 3 is 2.94 bits per heavy atom. The first-order valence-electron chi connectivity index (χ1n) is 6.04. The van der Waals surface area contributed by atoms with E-state index in [1.165, 1.54) is 0 Å². The molecule has 2 rings (SSSR count). The van der Waals surface area contributed by atoms with E-state index in [4.69, 9.17) is 0 Å². The summed E-state index contributed by atoms with van der Waals surface area (Å²) in [5, 5.41) is 4.44. The van der Waals surface area contributed by atoms with Gasteiger partial charge in [-0.05, 0) is 24.6 Å². The highest BCUT2D eigenvalue weighted by molar-refractivity contribution is 7.99. The molecule has 0 aliphatic carbocycles. The van der Waals surface area contributed by atoms with Crippen LogP contribution >= 0.6 is 11.8 Å². The molecule has 1 aromatic carbocycles. The number of nitrogens with zero attached hydrogens (tertiary/aromatic N) is 1. The summed E-state index contributed by atoms with van der Waals surface area (Å²) >= 11 is 1.77. The number of imidazole rings is 1. The van der Waals surface area contributed by atoms with Crippen LogP contribution < -0.4 is 5.32 Å². The van der Waals surface area contributed by atoms with Gasteiger partial charge in [0.2, 0.25) is 0 Å². The van der Waals surface area contributed by atoms with Crippen LogP contribution in [0.4, 0.5) is 0 Å². The zero-order valence-electron chi connectivity index (χ0n) is 10.4. The molecule has 0 fully saturated rings. The monoisotopic (exact) mass is 249 g/mol. The number of H-pyrrole nitrogens is 1. The van der Waals surface area contributed by atoms with Gasteiger partial charge in [-0.15, -0.1) is 0 Å². The van der Waals surface area contributed by atoms with E-state index in [0.29, 0.717) is 5.92 Å².